The van der Waals surface area contributed by atoms with Gasteiger partial charge in [-0.05, 0) is 38.7 Å². The molecule has 4 rings (SSSR count). The van der Waals surface area contributed by atoms with Crippen LogP contribution in [0.25, 0.3) is 16.7 Å². The molecule has 3 heterocycles. The van der Waals surface area contributed by atoms with Gasteiger partial charge in [0.15, 0.2) is 17.3 Å². The number of halogens is 3. The molecule has 0 saturated carbocycles. The first-order valence-corrected chi connectivity index (χ1v) is 10.1. The molecule has 0 radical (unpaired) electrons. The van der Waals surface area contributed by atoms with Gasteiger partial charge in [0.1, 0.15) is 17.2 Å². The van der Waals surface area contributed by atoms with Gasteiger partial charge in [-0.2, -0.15) is 0 Å². The van der Waals surface area contributed by atoms with Gasteiger partial charge >= 0.3 is 5.97 Å². The van der Waals surface area contributed by atoms with Crippen LogP contribution in [0, 0.1) is 17.5 Å². The monoisotopic (exact) mass is 462 g/mol. The molecule has 1 fully saturated rings. The smallest absolute Gasteiger partial charge is 0.341 e. The Hall–Kier alpha value is -3.44. The number of β-amino-alcohol motifs (C(OH)–C–C–N with tert-alkyl or cyclic N) is 1. The van der Waals surface area contributed by atoms with Crippen molar-refractivity contribution in [2.75, 3.05) is 38.6 Å². The molecule has 8 nitrogen and oxygen atoms in total. The Kier molecular flexibility index (Phi) is 5.62. The van der Waals surface area contributed by atoms with Crippen molar-refractivity contribution in [3.8, 4) is 5.69 Å². The van der Waals surface area contributed by atoms with Crippen LogP contribution in [-0.4, -0.2) is 70.0 Å². The first kappa shape index (κ1) is 22.7. The summed E-state index contributed by atoms with van der Waals surface area (Å²) >= 11 is 0. The Morgan fingerprint density at radius 1 is 1.21 bits per heavy atom. The SMILES string of the molecule is CN(C)CC1(O)CCN(c2nc3c(cc2F)c(=O)c(C(=O)O)cn3-c2ccc(F)cc2F)C1. The van der Waals surface area contributed by atoms with Crippen LogP contribution < -0.4 is 10.3 Å². The van der Waals surface area contributed by atoms with E-state index < -0.39 is 40.0 Å². The van der Waals surface area contributed by atoms with Crippen LogP contribution in [0.15, 0.2) is 35.3 Å². The summed E-state index contributed by atoms with van der Waals surface area (Å²) in [5, 5.41) is 19.8. The van der Waals surface area contributed by atoms with E-state index in [1.807, 2.05) is 0 Å². The number of aromatic carboxylic acids is 1. The van der Waals surface area contributed by atoms with Gasteiger partial charge < -0.3 is 20.0 Å². The minimum absolute atomic E-state index is 0.0724. The Balaban J connectivity index is 1.93. The molecule has 33 heavy (non-hydrogen) atoms. The molecule has 1 unspecified atom stereocenters. The highest BCUT2D eigenvalue weighted by atomic mass is 19.1. The van der Waals surface area contributed by atoms with Gasteiger partial charge in [-0.1, -0.05) is 0 Å². The van der Waals surface area contributed by atoms with E-state index >= 15 is 4.39 Å². The Morgan fingerprint density at radius 3 is 2.58 bits per heavy atom. The zero-order valence-electron chi connectivity index (χ0n) is 17.8. The summed E-state index contributed by atoms with van der Waals surface area (Å²) in [6.45, 7) is 0.692. The number of aliphatic hydroxyl groups is 1. The first-order chi connectivity index (χ1) is 15.5. The van der Waals surface area contributed by atoms with Crippen molar-refractivity contribution in [3.63, 3.8) is 0 Å². The highest BCUT2D eigenvalue weighted by Gasteiger charge is 2.38. The minimum atomic E-state index is -1.59. The molecule has 11 heteroatoms. The van der Waals surface area contributed by atoms with Crippen LogP contribution >= 0.6 is 0 Å². The van der Waals surface area contributed by atoms with Crippen LogP contribution in [-0.2, 0) is 0 Å². The number of hydrogen-bond donors (Lipinski definition) is 2. The van der Waals surface area contributed by atoms with E-state index in [9.17, 15) is 28.6 Å². The average Bonchev–Trinajstić information content (AvgIpc) is 3.09. The van der Waals surface area contributed by atoms with Gasteiger partial charge in [0.25, 0.3) is 0 Å². The van der Waals surface area contributed by atoms with E-state index in [-0.39, 0.29) is 35.6 Å². The number of hydrogen-bond acceptors (Lipinski definition) is 6. The zero-order valence-corrected chi connectivity index (χ0v) is 17.8. The Morgan fingerprint density at radius 2 is 1.94 bits per heavy atom. The summed E-state index contributed by atoms with van der Waals surface area (Å²) in [5.74, 6) is -4.52. The van der Waals surface area contributed by atoms with E-state index in [2.05, 4.69) is 4.98 Å². The highest BCUT2D eigenvalue weighted by molar-refractivity contribution is 5.92. The van der Waals surface area contributed by atoms with Crippen molar-refractivity contribution in [3.05, 3.63) is 63.7 Å². The third-order valence-electron chi connectivity index (χ3n) is 5.56. The highest BCUT2D eigenvalue weighted by Crippen LogP contribution is 2.30. The summed E-state index contributed by atoms with van der Waals surface area (Å²) in [4.78, 5) is 31.8. The lowest BCUT2D eigenvalue weighted by atomic mass is 10.0. The van der Waals surface area contributed by atoms with Gasteiger partial charge in [-0.15, -0.1) is 0 Å². The van der Waals surface area contributed by atoms with Crippen molar-refractivity contribution in [2.45, 2.75) is 12.0 Å². The summed E-state index contributed by atoms with van der Waals surface area (Å²) in [7, 11) is 3.59. The molecular weight excluding hydrogens is 441 g/mol. The number of carboxylic acid groups (broad SMARTS) is 1. The molecular formula is C22H21F3N4O4. The van der Waals surface area contributed by atoms with Gasteiger partial charge in [-0.3, -0.25) is 9.36 Å². The van der Waals surface area contributed by atoms with E-state index in [0.717, 1.165) is 29.0 Å². The number of nitrogens with zero attached hydrogens (tertiary/aromatic N) is 4. The maximum absolute atomic E-state index is 15.0. The van der Waals surface area contributed by atoms with Crippen molar-refractivity contribution in [1.82, 2.24) is 14.5 Å². The second-order valence-corrected chi connectivity index (χ2v) is 8.44. The molecule has 1 aromatic carbocycles. The average molecular weight is 462 g/mol. The van der Waals surface area contributed by atoms with Gasteiger partial charge in [-0.25, -0.2) is 22.9 Å². The lowest BCUT2D eigenvalue weighted by Crippen LogP contribution is -2.42. The minimum Gasteiger partial charge on any atom is -0.477 e. The van der Waals surface area contributed by atoms with Crippen molar-refractivity contribution < 1.29 is 28.2 Å². The second kappa shape index (κ2) is 8.16. The van der Waals surface area contributed by atoms with Crippen molar-refractivity contribution >= 4 is 22.8 Å². The number of carboxylic acids is 1. The van der Waals surface area contributed by atoms with E-state index in [1.165, 1.54) is 4.90 Å². The number of rotatable bonds is 5. The second-order valence-electron chi connectivity index (χ2n) is 8.44. The van der Waals surface area contributed by atoms with Crippen LogP contribution in [0.4, 0.5) is 19.0 Å². The first-order valence-electron chi connectivity index (χ1n) is 10.1. The third-order valence-corrected chi connectivity index (χ3v) is 5.56. The fourth-order valence-electron chi connectivity index (χ4n) is 4.20. The molecule has 0 amide bonds. The van der Waals surface area contributed by atoms with E-state index in [0.29, 0.717) is 19.0 Å². The number of aromatic nitrogens is 2. The normalized spacial score (nSPS) is 18.5. The standard InChI is InChI=1S/C22H21F3N4O4/c1-27(2)10-22(33)5-6-28(11-22)20-16(25)8-13-18(30)14(21(31)32)9-29(19(13)26-20)17-4-3-12(23)7-15(17)24/h3-4,7-9,33H,5-6,10-11H2,1-2H3,(H,31,32). The van der Waals surface area contributed by atoms with Crippen LogP contribution in [0.5, 0.6) is 0 Å². The van der Waals surface area contributed by atoms with Crippen LogP contribution in [0.3, 0.4) is 0 Å². The number of carbonyl (C=O) groups is 1. The molecule has 0 spiro atoms. The summed E-state index contributed by atoms with van der Waals surface area (Å²) in [6, 6.07) is 3.49. The topological polar surface area (TPSA) is 98.9 Å². The predicted octanol–water partition coefficient (Wildman–Crippen LogP) is 2.00. The van der Waals surface area contributed by atoms with E-state index in [1.54, 1.807) is 19.0 Å². The maximum Gasteiger partial charge on any atom is 0.341 e. The number of fused-ring (bicyclic) bond motifs is 1. The quantitative estimate of drug-likeness (QED) is 0.599. The van der Waals surface area contributed by atoms with E-state index in [4.69, 9.17) is 0 Å². The zero-order chi connectivity index (χ0) is 24.1. The summed E-state index contributed by atoms with van der Waals surface area (Å²) in [6.07, 6.45) is 1.23. The Bertz CT molecular complexity index is 1330. The number of benzene rings is 1. The molecule has 1 aliphatic rings. The number of anilines is 1. The number of pyridine rings is 2. The van der Waals surface area contributed by atoms with Crippen LogP contribution in [0.1, 0.15) is 16.8 Å². The fourth-order valence-corrected chi connectivity index (χ4v) is 4.20. The molecule has 1 aliphatic heterocycles. The maximum atomic E-state index is 15.0. The lowest BCUT2D eigenvalue weighted by Gasteiger charge is -2.27. The van der Waals surface area contributed by atoms with Crippen LogP contribution in [0.2, 0.25) is 0 Å². The van der Waals surface area contributed by atoms with Gasteiger partial charge in [0.2, 0.25) is 5.43 Å². The third kappa shape index (κ3) is 4.16. The van der Waals surface area contributed by atoms with Gasteiger partial charge in [0, 0.05) is 31.9 Å². The van der Waals surface area contributed by atoms with Crippen molar-refractivity contribution in [1.29, 1.82) is 0 Å². The lowest BCUT2D eigenvalue weighted by molar-refractivity contribution is 0.0365. The number of likely N-dealkylation sites (N-methyl/N-ethyl adjacent to an activating group) is 1. The molecule has 1 saturated heterocycles. The predicted molar refractivity (Wildman–Crippen MR) is 115 cm³/mol. The summed E-state index contributed by atoms with van der Waals surface area (Å²) < 4.78 is 44.0. The Labute approximate surface area is 186 Å². The molecule has 2 aromatic heterocycles. The molecule has 0 aliphatic carbocycles. The molecule has 3 aromatic rings. The van der Waals surface area contributed by atoms with Gasteiger partial charge in [0.05, 0.1) is 16.7 Å². The largest absolute Gasteiger partial charge is 0.477 e. The summed E-state index contributed by atoms with van der Waals surface area (Å²) in [5.41, 5.74) is -3.28. The fraction of sp³-hybridized carbons (Fsp3) is 0.318. The molecule has 174 valence electrons. The molecule has 0 bridgehead atoms. The molecule has 2 N–H and O–H groups in total. The molecule has 1 atom stereocenters. The van der Waals surface area contributed by atoms with Crippen molar-refractivity contribution in [2.24, 2.45) is 0 Å².